The SMILES string of the molecule is F[C](F)C(F)C(F)(F)C(F)(F)C(F)(F)C(F)(F)C(F)(F)C(F)(F)C(F)(F)C(F)(F)F. The van der Waals surface area contributed by atoms with Crippen molar-refractivity contribution in [3.8, 4) is 0 Å². The van der Waals surface area contributed by atoms with Gasteiger partial charge in [-0.2, -0.15) is 83.4 Å². The average molecular weight is 501 g/mol. The van der Waals surface area contributed by atoms with Gasteiger partial charge in [0.05, 0.1) is 0 Å². The molecule has 1 radical (unpaired) electrons. The fourth-order valence-electron chi connectivity index (χ4n) is 1.47. The van der Waals surface area contributed by atoms with Crippen molar-refractivity contribution in [2.24, 2.45) is 0 Å². The van der Waals surface area contributed by atoms with E-state index in [4.69, 9.17) is 0 Å². The van der Waals surface area contributed by atoms with Gasteiger partial charge in [-0.15, -0.1) is 0 Å². The molecule has 0 aromatic heterocycles. The normalized spacial score (nSPS) is 17.5. The van der Waals surface area contributed by atoms with Gasteiger partial charge in [0.2, 0.25) is 6.17 Å². The molecule has 0 N–H and O–H groups in total. The summed E-state index contributed by atoms with van der Waals surface area (Å²) in [5.74, 6) is -59.9. The van der Waals surface area contributed by atoms with Crippen LogP contribution in [-0.4, -0.2) is 53.8 Å². The van der Waals surface area contributed by atoms with E-state index in [1.807, 2.05) is 0 Å². The lowest BCUT2D eigenvalue weighted by atomic mass is 9.88. The topological polar surface area (TPSA) is 0 Å². The van der Waals surface area contributed by atoms with E-state index < -0.39 is 60.2 Å². The predicted octanol–water partition coefficient (Wildman–Crippen LogP) is 6.76. The van der Waals surface area contributed by atoms with Crippen molar-refractivity contribution in [1.82, 2.24) is 0 Å². The number of hydrogen-bond acceptors (Lipinski definition) is 0. The van der Waals surface area contributed by atoms with Gasteiger partial charge in [-0.1, -0.05) is 0 Å². The van der Waals surface area contributed by atoms with E-state index in [0.717, 1.165) is 0 Å². The Kier molecular flexibility index (Phi) is 6.73. The zero-order valence-corrected chi connectivity index (χ0v) is 12.6. The van der Waals surface area contributed by atoms with Crippen LogP contribution in [0.15, 0.2) is 0 Å². The van der Waals surface area contributed by atoms with E-state index in [2.05, 4.69) is 0 Å². The summed E-state index contributed by atoms with van der Waals surface area (Å²) in [5, 5.41) is 0. The van der Waals surface area contributed by atoms with Crippen molar-refractivity contribution in [2.75, 3.05) is 0 Å². The first kappa shape index (κ1) is 28.6. The minimum atomic E-state index is -8.93. The molecular weight excluding hydrogens is 500 g/mol. The lowest BCUT2D eigenvalue weighted by Gasteiger charge is -2.43. The summed E-state index contributed by atoms with van der Waals surface area (Å²) in [5.41, 5.74) is 0. The summed E-state index contributed by atoms with van der Waals surface area (Å²) < 4.78 is 251. The van der Waals surface area contributed by atoms with Crippen molar-refractivity contribution >= 4 is 0 Å². The number of halogens is 20. The van der Waals surface area contributed by atoms with Crippen LogP contribution >= 0.6 is 0 Å². The number of alkyl halides is 18. The lowest BCUT2D eigenvalue weighted by molar-refractivity contribution is -0.463. The highest BCUT2D eigenvalue weighted by Crippen LogP contribution is 2.64. The van der Waals surface area contributed by atoms with Crippen LogP contribution in [0.1, 0.15) is 0 Å². The maximum atomic E-state index is 13.1. The smallest absolute Gasteiger partial charge is 0.234 e. The molecule has 1 atom stereocenters. The molecule has 0 spiro atoms. The van der Waals surface area contributed by atoms with Crippen LogP contribution in [0, 0.1) is 6.43 Å². The van der Waals surface area contributed by atoms with Crippen molar-refractivity contribution in [3.63, 3.8) is 0 Å². The quantitative estimate of drug-likeness (QED) is 0.323. The van der Waals surface area contributed by atoms with E-state index in [9.17, 15) is 87.8 Å². The van der Waals surface area contributed by atoms with Crippen molar-refractivity contribution in [3.05, 3.63) is 6.43 Å². The fourth-order valence-corrected chi connectivity index (χ4v) is 1.47. The molecule has 30 heavy (non-hydrogen) atoms. The molecule has 20 heteroatoms. The lowest BCUT2D eigenvalue weighted by Crippen LogP contribution is -2.75. The highest BCUT2D eigenvalue weighted by atomic mass is 19.4. The molecule has 0 bridgehead atoms. The van der Waals surface area contributed by atoms with Gasteiger partial charge in [0.15, 0.2) is 0 Å². The zero-order valence-electron chi connectivity index (χ0n) is 12.6. The Hall–Kier alpha value is -1.40. The fraction of sp³-hybridized carbons (Fsp3) is 0.900. The van der Waals surface area contributed by atoms with Gasteiger partial charge >= 0.3 is 54.1 Å². The molecule has 0 saturated heterocycles. The monoisotopic (exact) mass is 501 g/mol. The van der Waals surface area contributed by atoms with Gasteiger partial charge in [-0.05, 0) is 0 Å². The second kappa shape index (κ2) is 7.06. The van der Waals surface area contributed by atoms with E-state index in [1.165, 1.54) is 0 Å². The van der Waals surface area contributed by atoms with E-state index in [1.54, 1.807) is 0 Å². The molecule has 0 nitrogen and oxygen atoms in total. The van der Waals surface area contributed by atoms with Crippen LogP contribution in [0.3, 0.4) is 0 Å². The van der Waals surface area contributed by atoms with Gasteiger partial charge in [0.1, 0.15) is 0 Å². The van der Waals surface area contributed by atoms with Crippen LogP contribution in [-0.2, 0) is 0 Å². The predicted molar refractivity (Wildman–Crippen MR) is 51.0 cm³/mol. The maximum Gasteiger partial charge on any atom is 0.460 e. The Morgan fingerprint density at radius 3 is 0.867 bits per heavy atom. The Bertz CT molecular complexity index is 610. The summed E-state index contributed by atoms with van der Waals surface area (Å²) in [6, 6.07) is 0. The first-order valence-electron chi connectivity index (χ1n) is 6.14. The molecule has 0 rings (SSSR count). The Morgan fingerprint density at radius 1 is 0.400 bits per heavy atom. The molecule has 1 unspecified atom stereocenters. The first-order valence-corrected chi connectivity index (χ1v) is 6.14. The molecule has 0 aromatic rings. The Balaban J connectivity index is 6.77. The summed E-state index contributed by atoms with van der Waals surface area (Å²) in [6.45, 7) is 0. The second-order valence-corrected chi connectivity index (χ2v) is 5.22. The number of hydrogen-bond donors (Lipinski definition) is 0. The number of rotatable bonds is 8. The summed E-state index contributed by atoms with van der Waals surface area (Å²) >= 11 is 0. The van der Waals surface area contributed by atoms with E-state index in [0.29, 0.717) is 0 Å². The molecule has 0 aromatic carbocycles. The summed E-state index contributed by atoms with van der Waals surface area (Å²) in [6.07, 6.45) is -18.4. The third kappa shape index (κ3) is 3.40. The summed E-state index contributed by atoms with van der Waals surface area (Å²) in [7, 11) is 0. The van der Waals surface area contributed by atoms with Crippen molar-refractivity contribution < 1.29 is 87.8 Å². The van der Waals surface area contributed by atoms with Gasteiger partial charge in [0.25, 0.3) is 0 Å². The van der Waals surface area contributed by atoms with Crippen LogP contribution in [0.25, 0.3) is 0 Å². The van der Waals surface area contributed by atoms with Gasteiger partial charge in [-0.25, -0.2) is 4.39 Å². The molecule has 0 heterocycles. The van der Waals surface area contributed by atoms with Gasteiger partial charge < -0.3 is 0 Å². The molecule has 0 aliphatic carbocycles. The highest BCUT2D eigenvalue weighted by Gasteiger charge is 2.95. The zero-order chi connectivity index (χ0) is 25.2. The first-order chi connectivity index (χ1) is 12.6. The highest BCUT2D eigenvalue weighted by molar-refractivity contribution is 5.16. The molecule has 0 amide bonds. The van der Waals surface area contributed by atoms with E-state index in [-0.39, 0.29) is 0 Å². The van der Waals surface area contributed by atoms with Crippen LogP contribution in [0.2, 0.25) is 0 Å². The third-order valence-corrected chi connectivity index (χ3v) is 3.26. The minimum Gasteiger partial charge on any atom is -0.234 e. The maximum absolute atomic E-state index is 13.1. The standard InChI is InChI=1S/C10HF20/c11-1(2(12)13)3(14,15)4(16,17)5(18,19)6(20,21)7(22,23)8(24,25)9(26,27)10(28,29)30/h1H. The Labute approximate surface area is 149 Å². The molecular formula is C10HF20. The second-order valence-electron chi connectivity index (χ2n) is 5.22. The molecule has 0 aliphatic rings. The van der Waals surface area contributed by atoms with Crippen LogP contribution in [0.4, 0.5) is 87.8 Å². The van der Waals surface area contributed by atoms with Gasteiger partial charge in [-0.3, -0.25) is 0 Å². The molecule has 0 fully saturated rings. The largest absolute Gasteiger partial charge is 0.460 e. The van der Waals surface area contributed by atoms with E-state index >= 15 is 0 Å². The summed E-state index contributed by atoms with van der Waals surface area (Å²) in [4.78, 5) is 0. The molecule has 0 saturated carbocycles. The molecule has 0 aliphatic heterocycles. The van der Waals surface area contributed by atoms with Gasteiger partial charge in [0, 0.05) is 0 Å². The van der Waals surface area contributed by atoms with Crippen molar-refractivity contribution in [2.45, 2.75) is 53.8 Å². The average Bonchev–Trinajstić information content (AvgIpc) is 2.51. The van der Waals surface area contributed by atoms with Crippen LogP contribution < -0.4 is 0 Å². The van der Waals surface area contributed by atoms with Crippen LogP contribution in [0.5, 0.6) is 0 Å². The third-order valence-electron chi connectivity index (χ3n) is 3.26. The minimum absolute atomic E-state index is 4.54. The molecule has 181 valence electrons. The van der Waals surface area contributed by atoms with Crippen molar-refractivity contribution in [1.29, 1.82) is 0 Å². The Morgan fingerprint density at radius 2 is 0.633 bits per heavy atom.